The van der Waals surface area contributed by atoms with Crippen molar-refractivity contribution in [2.45, 2.75) is 0 Å². The molecule has 0 atom stereocenters. The predicted molar refractivity (Wildman–Crippen MR) is 102 cm³/mol. The van der Waals surface area contributed by atoms with Gasteiger partial charge in [-0.1, -0.05) is 0 Å². The molecule has 0 saturated heterocycles. The Morgan fingerprint density at radius 2 is 2.04 bits per heavy atom. The van der Waals surface area contributed by atoms with E-state index >= 15 is 0 Å². The molecule has 0 aliphatic carbocycles. The van der Waals surface area contributed by atoms with Gasteiger partial charge in [0.15, 0.2) is 11.5 Å². The number of nitriles is 1. The molecule has 1 aliphatic rings. The van der Waals surface area contributed by atoms with E-state index in [2.05, 4.69) is 0 Å². The summed E-state index contributed by atoms with van der Waals surface area (Å²) >= 11 is 0. The van der Waals surface area contributed by atoms with Crippen LogP contribution in [0, 0.1) is 11.3 Å². The third-order valence-corrected chi connectivity index (χ3v) is 4.99. The number of aromatic nitrogens is 1. The van der Waals surface area contributed by atoms with Gasteiger partial charge in [0.1, 0.15) is 17.2 Å². The first-order chi connectivity index (χ1) is 13.6. The van der Waals surface area contributed by atoms with E-state index in [4.69, 9.17) is 18.6 Å². The fraction of sp³-hybridized carbons (Fsp3) is 0.143. The first kappa shape index (κ1) is 16.3. The molecule has 0 amide bonds. The molecule has 0 unspecified atom stereocenters. The van der Waals surface area contributed by atoms with E-state index in [0.717, 1.165) is 10.9 Å². The van der Waals surface area contributed by atoms with Gasteiger partial charge in [0, 0.05) is 29.6 Å². The average Bonchev–Trinajstić information content (AvgIpc) is 3.33. The smallest absolute Gasteiger partial charge is 0.354 e. The zero-order valence-electron chi connectivity index (χ0n) is 15.1. The molecule has 0 spiro atoms. The number of methoxy groups -OCH3 is 1. The molecule has 0 radical (unpaired) electrons. The third kappa shape index (κ3) is 2.12. The van der Waals surface area contributed by atoms with E-state index in [1.165, 1.54) is 7.11 Å². The summed E-state index contributed by atoms with van der Waals surface area (Å²) in [7, 11) is 3.44. The predicted octanol–water partition coefficient (Wildman–Crippen LogP) is 3.56. The van der Waals surface area contributed by atoms with Gasteiger partial charge in [-0.25, -0.2) is 4.79 Å². The lowest BCUT2D eigenvalue weighted by atomic mass is 9.96. The summed E-state index contributed by atoms with van der Waals surface area (Å²) < 4.78 is 23.8. The fourth-order valence-electron chi connectivity index (χ4n) is 3.69. The molecule has 0 bridgehead atoms. The number of fused-ring (bicyclic) bond motifs is 4. The maximum atomic E-state index is 12.6. The summed E-state index contributed by atoms with van der Waals surface area (Å²) in [5.74, 6) is 1.47. The van der Waals surface area contributed by atoms with Crippen LogP contribution in [-0.2, 0) is 7.05 Å². The van der Waals surface area contributed by atoms with E-state index in [1.54, 1.807) is 12.1 Å². The zero-order valence-corrected chi connectivity index (χ0v) is 15.1. The largest absolute Gasteiger partial charge is 0.493 e. The van der Waals surface area contributed by atoms with Crippen molar-refractivity contribution < 1.29 is 18.6 Å². The molecule has 138 valence electrons. The first-order valence-electron chi connectivity index (χ1n) is 8.55. The number of hydrogen-bond acceptors (Lipinski definition) is 6. The highest BCUT2D eigenvalue weighted by atomic mass is 16.7. The molecule has 0 N–H and O–H groups in total. The molecule has 2 aromatic carbocycles. The van der Waals surface area contributed by atoms with Crippen molar-refractivity contribution in [2.24, 2.45) is 7.05 Å². The topological polar surface area (TPSA) is 86.6 Å². The van der Waals surface area contributed by atoms with Gasteiger partial charge in [-0.15, -0.1) is 0 Å². The Bertz CT molecular complexity index is 1370. The minimum absolute atomic E-state index is 0.0660. The molecule has 0 fully saturated rings. The minimum Gasteiger partial charge on any atom is -0.493 e. The second kappa shape index (κ2) is 5.79. The second-order valence-corrected chi connectivity index (χ2v) is 6.47. The molecule has 4 aromatic rings. The van der Waals surface area contributed by atoms with Gasteiger partial charge in [0.25, 0.3) is 0 Å². The average molecular weight is 374 g/mol. The van der Waals surface area contributed by atoms with Crippen LogP contribution in [0.1, 0.15) is 5.56 Å². The molecule has 0 saturated carbocycles. The lowest BCUT2D eigenvalue weighted by Crippen LogP contribution is -2.07. The highest BCUT2D eigenvalue weighted by Crippen LogP contribution is 2.46. The van der Waals surface area contributed by atoms with Crippen molar-refractivity contribution in [2.75, 3.05) is 13.9 Å². The van der Waals surface area contributed by atoms with Crippen molar-refractivity contribution in [1.29, 1.82) is 5.26 Å². The second-order valence-electron chi connectivity index (χ2n) is 6.47. The number of benzene rings is 2. The van der Waals surface area contributed by atoms with Gasteiger partial charge in [0.2, 0.25) is 12.5 Å². The van der Waals surface area contributed by atoms with Gasteiger partial charge in [-0.2, -0.15) is 5.26 Å². The summed E-state index contributed by atoms with van der Waals surface area (Å²) in [6.07, 6.45) is 1.89. The number of nitrogens with zero attached hydrogens (tertiary/aromatic N) is 2. The Labute approximate surface area is 158 Å². The standard InChI is InChI=1S/C21H14N2O5/c1-23-6-5-12-15(23)4-3-13-18(14(9-22)21(24)28-19(12)13)11-7-16(25-2)20-17(8-11)26-10-27-20/h3-8H,10H2,1-2H3. The van der Waals surface area contributed by atoms with Crippen LogP contribution in [0.2, 0.25) is 0 Å². The number of ether oxygens (including phenoxy) is 3. The van der Waals surface area contributed by atoms with Crippen LogP contribution in [0.25, 0.3) is 33.0 Å². The summed E-state index contributed by atoms with van der Waals surface area (Å²) in [4.78, 5) is 12.6. The van der Waals surface area contributed by atoms with Crippen LogP contribution in [-0.4, -0.2) is 18.5 Å². The van der Waals surface area contributed by atoms with Crippen molar-refractivity contribution >= 4 is 21.9 Å². The maximum Gasteiger partial charge on any atom is 0.354 e. The molecular formula is C21H14N2O5. The number of rotatable bonds is 2. The van der Waals surface area contributed by atoms with Gasteiger partial charge in [-0.3, -0.25) is 0 Å². The van der Waals surface area contributed by atoms with Crippen molar-refractivity contribution in [3.05, 3.63) is 52.5 Å². The summed E-state index contributed by atoms with van der Waals surface area (Å²) in [6.45, 7) is 0.0859. The van der Waals surface area contributed by atoms with Crippen molar-refractivity contribution in [1.82, 2.24) is 4.57 Å². The Hall–Kier alpha value is -3.92. The molecular weight excluding hydrogens is 360 g/mol. The van der Waals surface area contributed by atoms with E-state index in [1.807, 2.05) is 42.1 Å². The Kier molecular flexibility index (Phi) is 3.36. The van der Waals surface area contributed by atoms with E-state index in [0.29, 0.717) is 39.3 Å². The summed E-state index contributed by atoms with van der Waals surface area (Å²) in [5, 5.41) is 11.1. The molecule has 3 heterocycles. The van der Waals surface area contributed by atoms with Gasteiger partial charge in [-0.05, 0) is 35.9 Å². The molecule has 7 heteroatoms. The van der Waals surface area contributed by atoms with E-state index in [-0.39, 0.29) is 12.4 Å². The molecule has 28 heavy (non-hydrogen) atoms. The quantitative estimate of drug-likeness (QED) is 0.499. The lowest BCUT2D eigenvalue weighted by molar-refractivity contribution is 0.171. The molecule has 2 aromatic heterocycles. The maximum absolute atomic E-state index is 12.6. The summed E-state index contributed by atoms with van der Waals surface area (Å²) in [5.41, 5.74) is 1.71. The molecule has 7 nitrogen and oxygen atoms in total. The molecule has 1 aliphatic heterocycles. The minimum atomic E-state index is -0.682. The SMILES string of the molecule is COc1cc(-c2c(C#N)c(=O)oc3c2ccc2c3ccn2C)cc2c1OCO2. The third-order valence-electron chi connectivity index (χ3n) is 4.99. The normalized spacial score (nSPS) is 12.5. The van der Waals surface area contributed by atoms with Crippen LogP contribution in [0.15, 0.2) is 45.7 Å². The number of aryl methyl sites for hydroxylation is 1. The van der Waals surface area contributed by atoms with Crippen LogP contribution >= 0.6 is 0 Å². The van der Waals surface area contributed by atoms with Crippen molar-refractivity contribution in [3.8, 4) is 34.4 Å². The fourth-order valence-corrected chi connectivity index (χ4v) is 3.69. The van der Waals surface area contributed by atoms with Crippen LogP contribution < -0.4 is 19.8 Å². The van der Waals surface area contributed by atoms with Crippen LogP contribution in [0.5, 0.6) is 17.2 Å². The Balaban J connectivity index is 1.93. The van der Waals surface area contributed by atoms with Gasteiger partial charge >= 0.3 is 5.63 Å². The highest BCUT2D eigenvalue weighted by Gasteiger charge is 2.24. The van der Waals surface area contributed by atoms with Crippen LogP contribution in [0.3, 0.4) is 0 Å². The zero-order chi connectivity index (χ0) is 19.4. The van der Waals surface area contributed by atoms with Gasteiger partial charge < -0.3 is 23.2 Å². The Morgan fingerprint density at radius 3 is 2.82 bits per heavy atom. The van der Waals surface area contributed by atoms with Crippen LogP contribution in [0.4, 0.5) is 0 Å². The summed E-state index contributed by atoms with van der Waals surface area (Å²) in [6, 6.07) is 11.1. The monoisotopic (exact) mass is 374 g/mol. The van der Waals surface area contributed by atoms with E-state index < -0.39 is 5.63 Å². The Morgan fingerprint density at radius 1 is 1.18 bits per heavy atom. The lowest BCUT2D eigenvalue weighted by Gasteiger charge is -2.12. The van der Waals surface area contributed by atoms with Crippen molar-refractivity contribution in [3.63, 3.8) is 0 Å². The first-order valence-corrected chi connectivity index (χ1v) is 8.55. The van der Waals surface area contributed by atoms with E-state index in [9.17, 15) is 10.1 Å². The molecule has 5 rings (SSSR count). The van der Waals surface area contributed by atoms with Gasteiger partial charge in [0.05, 0.1) is 12.6 Å². The highest BCUT2D eigenvalue weighted by molar-refractivity contribution is 6.09. The number of hydrogen-bond donors (Lipinski definition) is 0.